The van der Waals surface area contributed by atoms with Crippen LogP contribution in [0.3, 0.4) is 0 Å². The highest BCUT2D eigenvalue weighted by atomic mass is 35.5. The molecular formula is C15H21Cl. The Morgan fingerprint density at radius 1 is 1.25 bits per heavy atom. The molecule has 0 saturated carbocycles. The van der Waals surface area contributed by atoms with Crippen molar-refractivity contribution in [2.24, 2.45) is 11.3 Å². The SMILES string of the molecule is CC(C)(C)CCC1Cc2ccccc2C1Cl. The minimum absolute atomic E-state index is 0.235. The predicted octanol–water partition coefficient (Wildman–Crippen LogP) is 4.97. The van der Waals surface area contributed by atoms with Crippen molar-refractivity contribution in [3.8, 4) is 0 Å². The number of hydrogen-bond donors (Lipinski definition) is 0. The van der Waals surface area contributed by atoms with Crippen molar-refractivity contribution in [2.45, 2.75) is 45.4 Å². The van der Waals surface area contributed by atoms with Crippen LogP contribution in [0.1, 0.15) is 50.1 Å². The van der Waals surface area contributed by atoms with Gasteiger partial charge in [-0.2, -0.15) is 0 Å². The molecule has 16 heavy (non-hydrogen) atoms. The first-order valence-corrected chi connectivity index (χ1v) is 6.63. The molecule has 2 unspecified atom stereocenters. The first-order chi connectivity index (χ1) is 7.47. The minimum Gasteiger partial charge on any atom is -0.117 e. The zero-order valence-electron chi connectivity index (χ0n) is 10.5. The molecule has 0 radical (unpaired) electrons. The van der Waals surface area contributed by atoms with Gasteiger partial charge >= 0.3 is 0 Å². The normalized spacial score (nSPS) is 24.5. The second kappa shape index (κ2) is 4.41. The van der Waals surface area contributed by atoms with Crippen LogP contribution < -0.4 is 0 Å². The van der Waals surface area contributed by atoms with E-state index < -0.39 is 0 Å². The smallest absolute Gasteiger partial charge is 0.0619 e. The summed E-state index contributed by atoms with van der Waals surface area (Å²) in [5, 5.41) is 0.235. The number of hydrogen-bond acceptors (Lipinski definition) is 0. The Bertz CT molecular complexity index is 362. The molecule has 1 aromatic carbocycles. The summed E-state index contributed by atoms with van der Waals surface area (Å²) in [6.07, 6.45) is 3.67. The van der Waals surface area contributed by atoms with Gasteiger partial charge in [-0.25, -0.2) is 0 Å². The zero-order valence-corrected chi connectivity index (χ0v) is 11.2. The highest BCUT2D eigenvalue weighted by Crippen LogP contribution is 2.44. The lowest BCUT2D eigenvalue weighted by atomic mass is 9.86. The lowest BCUT2D eigenvalue weighted by molar-refractivity contribution is 0.323. The first kappa shape index (κ1) is 12.0. The molecule has 2 atom stereocenters. The summed E-state index contributed by atoms with van der Waals surface area (Å²) >= 11 is 6.54. The Hall–Kier alpha value is -0.490. The Labute approximate surface area is 104 Å². The van der Waals surface area contributed by atoms with Gasteiger partial charge in [0, 0.05) is 0 Å². The van der Waals surface area contributed by atoms with Crippen LogP contribution in [0.15, 0.2) is 24.3 Å². The van der Waals surface area contributed by atoms with Crippen molar-refractivity contribution in [1.82, 2.24) is 0 Å². The Morgan fingerprint density at radius 3 is 2.56 bits per heavy atom. The molecule has 0 amide bonds. The van der Waals surface area contributed by atoms with Gasteiger partial charge in [-0.3, -0.25) is 0 Å². The molecule has 0 saturated heterocycles. The fraction of sp³-hybridized carbons (Fsp3) is 0.600. The summed E-state index contributed by atoms with van der Waals surface area (Å²) in [7, 11) is 0. The van der Waals surface area contributed by atoms with E-state index in [9.17, 15) is 0 Å². The van der Waals surface area contributed by atoms with E-state index in [-0.39, 0.29) is 5.38 Å². The van der Waals surface area contributed by atoms with Gasteiger partial charge in [-0.05, 0) is 41.7 Å². The largest absolute Gasteiger partial charge is 0.117 e. The number of rotatable bonds is 2. The van der Waals surface area contributed by atoms with Crippen LogP contribution in [0.25, 0.3) is 0 Å². The molecule has 88 valence electrons. The average Bonchev–Trinajstić information content (AvgIpc) is 2.53. The van der Waals surface area contributed by atoms with Crippen molar-refractivity contribution < 1.29 is 0 Å². The van der Waals surface area contributed by atoms with Gasteiger partial charge < -0.3 is 0 Å². The lowest BCUT2D eigenvalue weighted by Gasteiger charge is -2.22. The Kier molecular flexibility index (Phi) is 3.30. The van der Waals surface area contributed by atoms with Crippen molar-refractivity contribution in [1.29, 1.82) is 0 Å². The van der Waals surface area contributed by atoms with Crippen molar-refractivity contribution in [3.05, 3.63) is 35.4 Å². The van der Waals surface area contributed by atoms with Gasteiger partial charge in [0.2, 0.25) is 0 Å². The van der Waals surface area contributed by atoms with Crippen molar-refractivity contribution >= 4 is 11.6 Å². The van der Waals surface area contributed by atoms with E-state index in [1.807, 2.05) is 0 Å². The maximum absolute atomic E-state index is 6.54. The molecule has 0 aromatic heterocycles. The van der Waals surface area contributed by atoms with Crippen LogP contribution >= 0.6 is 11.6 Å². The van der Waals surface area contributed by atoms with Crippen LogP contribution in [-0.4, -0.2) is 0 Å². The standard InChI is InChI=1S/C15H21Cl/c1-15(2,3)9-8-12-10-11-6-4-5-7-13(11)14(12)16/h4-7,12,14H,8-10H2,1-3H3. The summed E-state index contributed by atoms with van der Waals surface area (Å²) < 4.78 is 0. The summed E-state index contributed by atoms with van der Waals surface area (Å²) in [6.45, 7) is 6.91. The van der Waals surface area contributed by atoms with Gasteiger partial charge in [0.25, 0.3) is 0 Å². The lowest BCUT2D eigenvalue weighted by Crippen LogP contribution is -2.10. The molecule has 1 aromatic rings. The van der Waals surface area contributed by atoms with Gasteiger partial charge in [0.15, 0.2) is 0 Å². The molecule has 0 heterocycles. The van der Waals surface area contributed by atoms with E-state index in [4.69, 9.17) is 11.6 Å². The third-order valence-corrected chi connectivity index (χ3v) is 4.10. The summed E-state index contributed by atoms with van der Waals surface area (Å²) in [4.78, 5) is 0. The average molecular weight is 237 g/mol. The maximum Gasteiger partial charge on any atom is 0.0619 e. The molecule has 1 aliphatic rings. The molecule has 0 nitrogen and oxygen atoms in total. The molecule has 1 aliphatic carbocycles. The van der Waals surface area contributed by atoms with Gasteiger partial charge in [0.05, 0.1) is 5.38 Å². The third kappa shape index (κ3) is 2.60. The summed E-state index contributed by atoms with van der Waals surface area (Å²) in [5.74, 6) is 0.637. The van der Waals surface area contributed by atoms with Gasteiger partial charge in [-0.15, -0.1) is 11.6 Å². The molecule has 1 heteroatoms. The zero-order chi connectivity index (χ0) is 11.8. The van der Waals surface area contributed by atoms with Gasteiger partial charge in [-0.1, -0.05) is 45.0 Å². The monoisotopic (exact) mass is 236 g/mol. The molecule has 0 fully saturated rings. The van der Waals surface area contributed by atoms with Crippen LogP contribution in [0, 0.1) is 11.3 Å². The maximum atomic E-state index is 6.54. The number of fused-ring (bicyclic) bond motifs is 1. The van der Waals surface area contributed by atoms with E-state index in [1.54, 1.807) is 0 Å². The van der Waals surface area contributed by atoms with Crippen LogP contribution in [0.5, 0.6) is 0 Å². The fourth-order valence-corrected chi connectivity index (χ4v) is 2.92. The fourth-order valence-electron chi connectivity index (χ4n) is 2.50. The Morgan fingerprint density at radius 2 is 1.94 bits per heavy atom. The van der Waals surface area contributed by atoms with Crippen LogP contribution in [-0.2, 0) is 6.42 Å². The minimum atomic E-state index is 0.235. The summed E-state index contributed by atoms with van der Waals surface area (Å²) in [6, 6.07) is 8.63. The van der Waals surface area contributed by atoms with E-state index in [0.717, 1.165) is 0 Å². The predicted molar refractivity (Wildman–Crippen MR) is 70.9 cm³/mol. The molecular weight excluding hydrogens is 216 g/mol. The van der Waals surface area contributed by atoms with Crippen LogP contribution in [0.2, 0.25) is 0 Å². The number of benzene rings is 1. The van der Waals surface area contributed by atoms with E-state index in [2.05, 4.69) is 45.0 Å². The van der Waals surface area contributed by atoms with Gasteiger partial charge in [0.1, 0.15) is 0 Å². The second-order valence-corrected chi connectivity index (χ2v) is 6.63. The molecule has 0 bridgehead atoms. The molecule has 0 N–H and O–H groups in total. The van der Waals surface area contributed by atoms with E-state index in [0.29, 0.717) is 11.3 Å². The van der Waals surface area contributed by atoms with Crippen LogP contribution in [0.4, 0.5) is 0 Å². The number of alkyl halides is 1. The summed E-state index contributed by atoms with van der Waals surface area (Å²) in [5.41, 5.74) is 3.25. The Balaban J connectivity index is 2.02. The van der Waals surface area contributed by atoms with E-state index >= 15 is 0 Å². The third-order valence-electron chi connectivity index (χ3n) is 3.51. The number of halogens is 1. The highest BCUT2D eigenvalue weighted by Gasteiger charge is 2.30. The first-order valence-electron chi connectivity index (χ1n) is 6.19. The highest BCUT2D eigenvalue weighted by molar-refractivity contribution is 6.21. The molecule has 0 aliphatic heterocycles. The molecule has 2 rings (SSSR count). The van der Waals surface area contributed by atoms with Crippen molar-refractivity contribution in [2.75, 3.05) is 0 Å². The van der Waals surface area contributed by atoms with E-state index in [1.165, 1.54) is 30.4 Å². The molecule has 0 spiro atoms. The second-order valence-electron chi connectivity index (χ2n) is 6.16. The quantitative estimate of drug-likeness (QED) is 0.637. The topological polar surface area (TPSA) is 0 Å². The van der Waals surface area contributed by atoms with Crippen molar-refractivity contribution in [3.63, 3.8) is 0 Å².